The number of hydrogen-bond acceptors (Lipinski definition) is 5. The molecule has 0 fully saturated rings. The second kappa shape index (κ2) is 5.10. The lowest BCUT2D eigenvalue weighted by atomic mass is 10.4. The summed E-state index contributed by atoms with van der Waals surface area (Å²) in [6, 6.07) is 0. The molecule has 16 heavy (non-hydrogen) atoms. The van der Waals surface area contributed by atoms with E-state index in [2.05, 4.69) is 20.8 Å². The van der Waals surface area contributed by atoms with Gasteiger partial charge in [0.25, 0.3) is 5.91 Å². The zero-order valence-electron chi connectivity index (χ0n) is 8.26. The normalized spacial score (nSPS) is 11.2. The van der Waals surface area contributed by atoms with Gasteiger partial charge in [-0.3, -0.25) is 4.79 Å². The van der Waals surface area contributed by atoms with Crippen LogP contribution in [0.1, 0.15) is 16.2 Å². The smallest absolute Gasteiger partial charge is 0.363 e. The van der Waals surface area contributed by atoms with E-state index >= 15 is 0 Å². The molecule has 1 amide bonds. The largest absolute Gasteiger partial charge is 0.390 e. The van der Waals surface area contributed by atoms with Crippen molar-refractivity contribution >= 4 is 22.4 Å². The highest BCUT2D eigenvalue weighted by Gasteiger charge is 2.26. The van der Waals surface area contributed by atoms with Crippen molar-refractivity contribution in [3.05, 3.63) is 5.01 Å². The molecule has 90 valence electrons. The number of carbonyl (C=O) groups excluding carboxylic acids is 1. The minimum absolute atomic E-state index is 0.0338. The number of carbonyl (C=O) groups is 1. The third-order valence-electron chi connectivity index (χ3n) is 1.53. The zero-order valence-corrected chi connectivity index (χ0v) is 9.08. The maximum atomic E-state index is 11.8. The highest BCUT2D eigenvalue weighted by molar-refractivity contribution is 7.17. The van der Waals surface area contributed by atoms with Gasteiger partial charge >= 0.3 is 6.18 Å². The summed E-state index contributed by atoms with van der Waals surface area (Å²) < 4.78 is 35.3. The Kier molecular flexibility index (Phi) is 4.05. The molecular formula is C7H9F3N4OS. The van der Waals surface area contributed by atoms with E-state index in [9.17, 15) is 18.0 Å². The molecule has 5 nitrogen and oxygen atoms in total. The quantitative estimate of drug-likeness (QED) is 0.849. The minimum Gasteiger partial charge on any atom is -0.363 e. The summed E-state index contributed by atoms with van der Waals surface area (Å²) in [5.74, 6) is -0.650. The van der Waals surface area contributed by atoms with E-state index in [1.165, 1.54) is 0 Å². The molecule has 2 N–H and O–H groups in total. The molecule has 0 spiro atoms. The Morgan fingerprint density at radius 3 is 2.62 bits per heavy atom. The molecule has 0 radical (unpaired) electrons. The lowest BCUT2D eigenvalue weighted by Crippen LogP contribution is -2.27. The first-order valence-electron chi connectivity index (χ1n) is 4.28. The van der Waals surface area contributed by atoms with Gasteiger partial charge in [-0.2, -0.15) is 13.2 Å². The maximum absolute atomic E-state index is 11.8. The van der Waals surface area contributed by atoms with Crippen molar-refractivity contribution in [1.29, 1.82) is 0 Å². The molecule has 0 aliphatic heterocycles. The van der Waals surface area contributed by atoms with Crippen molar-refractivity contribution in [3.63, 3.8) is 0 Å². The summed E-state index contributed by atoms with van der Waals surface area (Å²) in [5, 5.41) is 12.3. The Labute approximate surface area is 93.1 Å². The molecule has 0 unspecified atom stereocenters. The van der Waals surface area contributed by atoms with E-state index in [-0.39, 0.29) is 5.01 Å². The van der Waals surface area contributed by atoms with Crippen molar-refractivity contribution in [2.45, 2.75) is 12.6 Å². The van der Waals surface area contributed by atoms with Crippen LogP contribution < -0.4 is 10.6 Å². The Balaban J connectivity index is 2.41. The molecule has 0 aliphatic rings. The van der Waals surface area contributed by atoms with Crippen molar-refractivity contribution in [2.75, 3.05) is 18.9 Å². The third kappa shape index (κ3) is 4.01. The van der Waals surface area contributed by atoms with Crippen molar-refractivity contribution in [2.24, 2.45) is 0 Å². The first-order chi connectivity index (χ1) is 7.42. The van der Waals surface area contributed by atoms with E-state index in [1.807, 2.05) is 0 Å². The van der Waals surface area contributed by atoms with Crippen LogP contribution in [-0.2, 0) is 0 Å². The van der Waals surface area contributed by atoms with Gasteiger partial charge < -0.3 is 10.6 Å². The first-order valence-corrected chi connectivity index (χ1v) is 5.10. The Morgan fingerprint density at radius 2 is 2.12 bits per heavy atom. The van der Waals surface area contributed by atoms with Crippen LogP contribution in [0.4, 0.5) is 18.3 Å². The molecule has 0 saturated heterocycles. The van der Waals surface area contributed by atoms with E-state index < -0.39 is 25.0 Å². The fourth-order valence-corrected chi connectivity index (χ4v) is 1.42. The second-order valence-electron chi connectivity index (χ2n) is 2.78. The molecule has 1 heterocycles. The van der Waals surface area contributed by atoms with Gasteiger partial charge in [-0.1, -0.05) is 11.3 Å². The SMILES string of the molecule is CNc1nnc(C(=O)NCCC(F)(F)F)s1. The number of nitrogens with one attached hydrogen (secondary N) is 2. The standard InChI is InChI=1S/C7H9F3N4OS/c1-11-6-14-13-5(16-6)4(15)12-3-2-7(8,9)10/h2-3H2,1H3,(H,11,14)(H,12,15). The molecule has 0 atom stereocenters. The van der Waals surface area contributed by atoms with Gasteiger partial charge in [0.05, 0.1) is 6.42 Å². The van der Waals surface area contributed by atoms with E-state index in [1.54, 1.807) is 7.05 Å². The minimum atomic E-state index is -4.27. The fourth-order valence-electron chi connectivity index (χ4n) is 0.809. The van der Waals surface area contributed by atoms with Crippen LogP contribution in [0, 0.1) is 0 Å². The van der Waals surface area contributed by atoms with Gasteiger partial charge in [-0.15, -0.1) is 10.2 Å². The van der Waals surface area contributed by atoms with Gasteiger partial charge in [0, 0.05) is 13.6 Å². The molecule has 0 saturated carbocycles. The molecular weight excluding hydrogens is 245 g/mol. The lowest BCUT2D eigenvalue weighted by Gasteiger charge is -2.05. The average Bonchev–Trinajstić information content (AvgIpc) is 2.63. The molecule has 9 heteroatoms. The molecule has 1 aromatic heterocycles. The van der Waals surface area contributed by atoms with Gasteiger partial charge in [0.15, 0.2) is 0 Å². The number of amides is 1. The lowest BCUT2D eigenvalue weighted by molar-refractivity contribution is -0.132. The van der Waals surface area contributed by atoms with Crippen LogP contribution in [0.15, 0.2) is 0 Å². The molecule has 0 aromatic carbocycles. The second-order valence-corrected chi connectivity index (χ2v) is 3.76. The Hall–Kier alpha value is -1.38. The van der Waals surface area contributed by atoms with Gasteiger partial charge in [-0.05, 0) is 0 Å². The Morgan fingerprint density at radius 1 is 1.44 bits per heavy atom. The fraction of sp³-hybridized carbons (Fsp3) is 0.571. The number of anilines is 1. The van der Waals surface area contributed by atoms with Crippen LogP contribution in [0.2, 0.25) is 0 Å². The number of nitrogens with zero attached hydrogens (tertiary/aromatic N) is 2. The number of aromatic nitrogens is 2. The number of rotatable bonds is 4. The van der Waals surface area contributed by atoms with Crippen LogP contribution >= 0.6 is 11.3 Å². The topological polar surface area (TPSA) is 66.9 Å². The summed E-state index contributed by atoms with van der Waals surface area (Å²) in [5.41, 5.74) is 0. The zero-order chi connectivity index (χ0) is 12.2. The summed E-state index contributed by atoms with van der Waals surface area (Å²) in [4.78, 5) is 11.3. The van der Waals surface area contributed by atoms with E-state index in [0.29, 0.717) is 5.13 Å². The van der Waals surface area contributed by atoms with E-state index in [4.69, 9.17) is 0 Å². The van der Waals surface area contributed by atoms with Crippen LogP contribution in [0.25, 0.3) is 0 Å². The van der Waals surface area contributed by atoms with Crippen LogP contribution in [0.5, 0.6) is 0 Å². The van der Waals surface area contributed by atoms with Gasteiger partial charge in [0.1, 0.15) is 0 Å². The van der Waals surface area contributed by atoms with Crippen molar-refractivity contribution < 1.29 is 18.0 Å². The summed E-state index contributed by atoms with van der Waals surface area (Å²) >= 11 is 0.972. The van der Waals surface area contributed by atoms with Crippen LogP contribution in [-0.4, -0.2) is 35.9 Å². The van der Waals surface area contributed by atoms with E-state index in [0.717, 1.165) is 11.3 Å². The van der Waals surface area contributed by atoms with Crippen LogP contribution in [0.3, 0.4) is 0 Å². The maximum Gasteiger partial charge on any atom is 0.390 e. The average molecular weight is 254 g/mol. The first kappa shape index (κ1) is 12.7. The summed E-state index contributed by atoms with van der Waals surface area (Å²) in [7, 11) is 1.60. The van der Waals surface area contributed by atoms with Gasteiger partial charge in [0.2, 0.25) is 10.1 Å². The summed E-state index contributed by atoms with van der Waals surface area (Å²) in [6.45, 7) is -0.462. The molecule has 1 rings (SSSR count). The predicted molar refractivity (Wildman–Crippen MR) is 52.5 cm³/mol. The predicted octanol–water partition coefficient (Wildman–Crippen LogP) is 1.26. The third-order valence-corrected chi connectivity index (χ3v) is 2.47. The Bertz CT molecular complexity index is 365. The number of alkyl halides is 3. The number of hydrogen-bond donors (Lipinski definition) is 2. The van der Waals surface area contributed by atoms with Gasteiger partial charge in [-0.25, -0.2) is 0 Å². The highest BCUT2D eigenvalue weighted by atomic mass is 32.1. The molecule has 0 bridgehead atoms. The van der Waals surface area contributed by atoms with Crippen molar-refractivity contribution in [1.82, 2.24) is 15.5 Å². The number of halogens is 3. The summed E-state index contributed by atoms with van der Waals surface area (Å²) in [6.07, 6.45) is -5.33. The monoisotopic (exact) mass is 254 g/mol. The molecule has 1 aromatic rings. The molecule has 0 aliphatic carbocycles. The van der Waals surface area contributed by atoms with Crippen molar-refractivity contribution in [3.8, 4) is 0 Å². The highest BCUT2D eigenvalue weighted by Crippen LogP contribution is 2.18.